The van der Waals surface area contributed by atoms with E-state index in [1.165, 1.54) is 0 Å². The molecule has 4 nitrogen and oxygen atoms in total. The number of benzene rings is 2. The van der Waals surface area contributed by atoms with Gasteiger partial charge in [0.05, 0.1) is 5.92 Å². The molecular weight excluding hydrogens is 405 g/mol. The van der Waals surface area contributed by atoms with Gasteiger partial charge < -0.3 is 10.5 Å². The van der Waals surface area contributed by atoms with Crippen LogP contribution in [0.4, 0.5) is 0 Å². The molecule has 2 heterocycles. The lowest BCUT2D eigenvalue weighted by molar-refractivity contribution is 0.251. The highest BCUT2D eigenvalue weighted by molar-refractivity contribution is 6.30. The van der Waals surface area contributed by atoms with Crippen molar-refractivity contribution in [2.75, 3.05) is 20.1 Å². The van der Waals surface area contributed by atoms with Crippen LogP contribution in [0, 0.1) is 11.3 Å². The van der Waals surface area contributed by atoms with E-state index in [4.69, 9.17) is 33.7 Å². The van der Waals surface area contributed by atoms with E-state index in [0.29, 0.717) is 28.7 Å². The van der Waals surface area contributed by atoms with Crippen molar-refractivity contribution in [3.8, 4) is 6.07 Å². The van der Waals surface area contributed by atoms with Gasteiger partial charge in [0.25, 0.3) is 0 Å². The molecule has 146 valence electrons. The molecule has 0 radical (unpaired) electrons. The van der Waals surface area contributed by atoms with Crippen molar-refractivity contribution in [2.24, 2.45) is 5.73 Å². The molecule has 1 unspecified atom stereocenters. The van der Waals surface area contributed by atoms with Crippen molar-refractivity contribution >= 4 is 29.3 Å². The molecule has 2 aromatic carbocycles. The number of ether oxygens (including phenoxy) is 1. The maximum absolute atomic E-state index is 9.77. The highest BCUT2D eigenvalue weighted by Gasteiger charge is 2.36. The highest BCUT2D eigenvalue weighted by atomic mass is 35.5. The third-order valence-electron chi connectivity index (χ3n) is 5.11. The van der Waals surface area contributed by atoms with Gasteiger partial charge in [-0.15, -0.1) is 0 Å². The molecule has 4 rings (SSSR count). The normalized spacial score (nSPS) is 21.0. The fourth-order valence-electron chi connectivity index (χ4n) is 3.84. The van der Waals surface area contributed by atoms with Gasteiger partial charge in [-0.05, 0) is 54.1 Å². The largest absolute Gasteiger partial charge is 0.440 e. The summed E-state index contributed by atoms with van der Waals surface area (Å²) >= 11 is 12.1. The maximum Gasteiger partial charge on any atom is 0.205 e. The van der Waals surface area contributed by atoms with Crippen LogP contribution in [0.25, 0.3) is 6.08 Å². The first-order valence-electron chi connectivity index (χ1n) is 9.17. The fraction of sp³-hybridized carbons (Fsp3) is 0.174. The Balaban J connectivity index is 1.85. The smallest absolute Gasteiger partial charge is 0.205 e. The van der Waals surface area contributed by atoms with Crippen molar-refractivity contribution in [2.45, 2.75) is 5.92 Å². The molecule has 0 fully saturated rings. The summed E-state index contributed by atoms with van der Waals surface area (Å²) in [6.07, 6.45) is 2.07. The molecular formula is C23H19Cl2N3O. The van der Waals surface area contributed by atoms with Gasteiger partial charge in [0.15, 0.2) is 0 Å². The Morgan fingerprint density at radius 3 is 2.31 bits per heavy atom. The fourth-order valence-corrected chi connectivity index (χ4v) is 4.09. The molecule has 0 amide bonds. The molecule has 0 saturated carbocycles. The minimum Gasteiger partial charge on any atom is -0.440 e. The summed E-state index contributed by atoms with van der Waals surface area (Å²) < 4.78 is 5.99. The van der Waals surface area contributed by atoms with Crippen molar-refractivity contribution in [1.82, 2.24) is 4.90 Å². The molecule has 0 aliphatic carbocycles. The number of rotatable bonds is 2. The third-order valence-corrected chi connectivity index (χ3v) is 5.62. The lowest BCUT2D eigenvalue weighted by atomic mass is 9.80. The summed E-state index contributed by atoms with van der Waals surface area (Å²) in [5.74, 6) is 0.629. The van der Waals surface area contributed by atoms with Crippen LogP contribution >= 0.6 is 23.2 Å². The van der Waals surface area contributed by atoms with Gasteiger partial charge >= 0.3 is 0 Å². The van der Waals surface area contributed by atoms with Gasteiger partial charge in [0.1, 0.15) is 17.4 Å². The lowest BCUT2D eigenvalue weighted by Crippen LogP contribution is -2.35. The minimum absolute atomic E-state index is 0.151. The zero-order valence-corrected chi connectivity index (χ0v) is 17.3. The van der Waals surface area contributed by atoms with Crippen LogP contribution in [0.3, 0.4) is 0 Å². The minimum atomic E-state index is -0.266. The predicted molar refractivity (Wildman–Crippen MR) is 116 cm³/mol. The molecule has 2 aromatic rings. The number of hydrogen-bond donors (Lipinski definition) is 1. The van der Waals surface area contributed by atoms with Gasteiger partial charge in [0.2, 0.25) is 5.88 Å². The Labute approximate surface area is 180 Å². The molecule has 0 saturated heterocycles. The molecule has 6 heteroatoms. The summed E-state index contributed by atoms with van der Waals surface area (Å²) in [6, 6.07) is 17.4. The second kappa shape index (κ2) is 7.96. The van der Waals surface area contributed by atoms with Gasteiger partial charge in [-0.1, -0.05) is 47.5 Å². The third kappa shape index (κ3) is 3.90. The summed E-state index contributed by atoms with van der Waals surface area (Å²) in [6.45, 7) is 1.39. The second-order valence-corrected chi connectivity index (χ2v) is 8.10. The van der Waals surface area contributed by atoms with Crippen LogP contribution in [0.15, 0.2) is 76.9 Å². The van der Waals surface area contributed by atoms with E-state index in [-0.39, 0.29) is 11.8 Å². The van der Waals surface area contributed by atoms with E-state index in [1.807, 2.05) is 55.6 Å². The monoisotopic (exact) mass is 423 g/mol. The first kappa shape index (κ1) is 19.6. The number of hydrogen-bond acceptors (Lipinski definition) is 4. The topological polar surface area (TPSA) is 62.3 Å². The number of likely N-dealkylation sites (N-methyl/N-ethyl adjacent to an activating group) is 1. The predicted octanol–water partition coefficient (Wildman–Crippen LogP) is 5.08. The quantitative estimate of drug-likeness (QED) is 0.730. The van der Waals surface area contributed by atoms with Gasteiger partial charge in [-0.25, -0.2) is 0 Å². The van der Waals surface area contributed by atoms with Crippen molar-refractivity contribution in [1.29, 1.82) is 5.26 Å². The Bertz CT molecular complexity index is 1080. The standard InChI is InChI=1S/C23H19Cl2N3O/c1-28-12-16(10-14-2-6-17(24)7-3-14)22-20(13-28)21(19(11-26)23(27)29-22)15-4-8-18(25)9-5-15/h2-10,21H,12-13,27H2,1H3. The summed E-state index contributed by atoms with van der Waals surface area (Å²) in [5, 5.41) is 11.1. The molecule has 2 aliphatic rings. The molecule has 0 spiro atoms. The van der Waals surface area contributed by atoms with Crippen molar-refractivity contribution in [3.05, 3.63) is 98.1 Å². The van der Waals surface area contributed by atoms with E-state index in [1.54, 1.807) is 0 Å². The number of nitriles is 1. The molecule has 1 atom stereocenters. The van der Waals surface area contributed by atoms with Crippen LogP contribution in [0.2, 0.25) is 10.0 Å². The number of allylic oxidation sites excluding steroid dienone is 1. The van der Waals surface area contributed by atoms with Crippen LogP contribution < -0.4 is 5.73 Å². The Morgan fingerprint density at radius 1 is 1.07 bits per heavy atom. The van der Waals surface area contributed by atoms with E-state index >= 15 is 0 Å². The number of halogens is 2. The molecule has 2 N–H and O–H groups in total. The Hall–Kier alpha value is -2.71. The highest BCUT2D eigenvalue weighted by Crippen LogP contribution is 2.43. The number of nitrogens with two attached hydrogens (primary N) is 1. The zero-order valence-electron chi connectivity index (χ0n) is 15.8. The average molecular weight is 424 g/mol. The van der Waals surface area contributed by atoms with Crippen LogP contribution in [-0.2, 0) is 4.74 Å². The van der Waals surface area contributed by atoms with Crippen LogP contribution in [0.1, 0.15) is 17.0 Å². The molecule has 29 heavy (non-hydrogen) atoms. The van der Waals surface area contributed by atoms with Crippen molar-refractivity contribution < 1.29 is 4.74 Å². The lowest BCUT2D eigenvalue weighted by Gasteiger charge is -2.36. The second-order valence-electron chi connectivity index (χ2n) is 7.22. The van der Waals surface area contributed by atoms with E-state index in [2.05, 4.69) is 17.0 Å². The summed E-state index contributed by atoms with van der Waals surface area (Å²) in [7, 11) is 2.05. The molecule has 0 aromatic heterocycles. The first-order valence-corrected chi connectivity index (χ1v) is 9.93. The van der Waals surface area contributed by atoms with Crippen LogP contribution in [0.5, 0.6) is 0 Å². The van der Waals surface area contributed by atoms with E-state index < -0.39 is 0 Å². The zero-order chi connectivity index (χ0) is 20.5. The maximum atomic E-state index is 9.77. The van der Waals surface area contributed by atoms with Gasteiger partial charge in [-0.3, -0.25) is 4.90 Å². The molecule has 0 bridgehead atoms. The Kier molecular flexibility index (Phi) is 5.38. The van der Waals surface area contributed by atoms with Gasteiger partial charge in [-0.2, -0.15) is 5.26 Å². The Morgan fingerprint density at radius 2 is 1.69 bits per heavy atom. The van der Waals surface area contributed by atoms with Crippen LogP contribution in [-0.4, -0.2) is 25.0 Å². The molecule has 2 aliphatic heterocycles. The number of nitrogens with zero attached hydrogens (tertiary/aromatic N) is 2. The van der Waals surface area contributed by atoms with E-state index in [9.17, 15) is 5.26 Å². The SMILES string of the molecule is CN1CC(=Cc2ccc(Cl)cc2)C2=C(C1)C(c1ccc(Cl)cc1)C(C#N)=C(N)O2. The first-order chi connectivity index (χ1) is 14.0. The van der Waals surface area contributed by atoms with Crippen molar-refractivity contribution in [3.63, 3.8) is 0 Å². The van der Waals surface area contributed by atoms with E-state index in [0.717, 1.165) is 28.0 Å². The van der Waals surface area contributed by atoms with Gasteiger partial charge in [0, 0.05) is 28.7 Å². The average Bonchev–Trinajstić information content (AvgIpc) is 2.70. The summed E-state index contributed by atoms with van der Waals surface area (Å²) in [4.78, 5) is 2.20. The summed E-state index contributed by atoms with van der Waals surface area (Å²) in [5.41, 5.74) is 10.6.